The molecule has 0 saturated carbocycles. The van der Waals surface area contributed by atoms with Gasteiger partial charge in [-0.05, 0) is 95.5 Å². The lowest BCUT2D eigenvalue weighted by Gasteiger charge is -2.21. The van der Waals surface area contributed by atoms with Crippen molar-refractivity contribution in [2.24, 2.45) is 0 Å². The molecule has 0 unspecified atom stereocenters. The van der Waals surface area contributed by atoms with Gasteiger partial charge in [-0.3, -0.25) is 14.1 Å². The summed E-state index contributed by atoms with van der Waals surface area (Å²) in [7, 11) is 4.62. The zero-order valence-electron chi connectivity index (χ0n) is 32.4. The summed E-state index contributed by atoms with van der Waals surface area (Å²) in [6.07, 6.45) is 2.53. The van der Waals surface area contributed by atoms with E-state index in [0.717, 1.165) is 33.4 Å². The Morgan fingerprint density at radius 1 is 0.625 bits per heavy atom. The molecule has 4 N–H and O–H groups in total. The van der Waals surface area contributed by atoms with Crippen LogP contribution in [0.5, 0.6) is 46.0 Å². The second-order valence-corrected chi connectivity index (χ2v) is 14.0. The van der Waals surface area contributed by atoms with E-state index in [1.54, 1.807) is 39.5 Å². The number of phenolic OH excluding ortho intramolecular Hbond substituents is 1. The maximum atomic E-state index is 11.8. The molecule has 2 amide bonds. The molecular weight excluding hydrogens is 749 g/mol. The van der Waals surface area contributed by atoms with Crippen molar-refractivity contribution in [2.45, 2.75) is 51.6 Å². The van der Waals surface area contributed by atoms with Crippen molar-refractivity contribution in [2.75, 3.05) is 42.7 Å². The molecule has 0 aliphatic heterocycles. The van der Waals surface area contributed by atoms with E-state index in [4.69, 9.17) is 33.0 Å². The fourth-order valence-corrected chi connectivity index (χ4v) is 7.74. The average molecular weight is 795 g/mol. The highest BCUT2D eigenvalue weighted by Crippen LogP contribution is 2.52. The van der Waals surface area contributed by atoms with Gasteiger partial charge in [-0.2, -0.15) is 8.42 Å². The Bertz CT molecular complexity index is 2240. The van der Waals surface area contributed by atoms with Gasteiger partial charge in [0.2, 0.25) is 23.3 Å². The molecule has 4 aromatic rings. The van der Waals surface area contributed by atoms with Crippen LogP contribution in [0, 0.1) is 0 Å². The number of carbonyl (C=O) groups is 2. The number of aryl methyl sites for hydroxylation is 2. The van der Waals surface area contributed by atoms with E-state index in [1.165, 1.54) is 47.3 Å². The third-order valence-corrected chi connectivity index (χ3v) is 9.94. The minimum Gasteiger partial charge on any atom is -0.508 e. The minimum atomic E-state index is -4.69. The predicted octanol–water partition coefficient (Wildman–Crippen LogP) is 5.89. The van der Waals surface area contributed by atoms with Crippen molar-refractivity contribution in [3.8, 4) is 68.2 Å². The molecule has 2 aliphatic carbocycles. The van der Waals surface area contributed by atoms with Gasteiger partial charge in [-0.15, -0.1) is 0 Å². The highest BCUT2D eigenvalue weighted by Gasteiger charge is 2.31. The van der Waals surface area contributed by atoms with Crippen molar-refractivity contribution in [3.63, 3.8) is 0 Å². The molecule has 16 heteroatoms. The number of benzene rings is 4. The molecule has 0 saturated heterocycles. The standard InChI is InChI=1S/C20H23NO8S.C20H23NO5/c1-11(22)21-16-8-5-12-9-17(26-2)19(27-3)20(28-4)18(12)14-7-6-13(10-15(14)16)29-30(23,24)25;1-11(22)21-16-8-5-12-9-17(24-2)19(25-3)20(26-4)18(12)14-7-6-13(23)10-15(14)16/h6-7,9-10,16H,5,8H2,1-4H3,(H,21,22)(H,23,24,25);6-7,9-10,16,23H,5,8H2,1-4H3,(H,21,22)/t2*16-/m00/s1. The molecule has 300 valence electrons. The lowest BCUT2D eigenvalue weighted by Crippen LogP contribution is -2.26. The van der Waals surface area contributed by atoms with Crippen LogP contribution >= 0.6 is 0 Å². The molecular formula is C40H46N2O13S. The molecule has 2 atom stereocenters. The normalized spacial score (nSPS) is 15.3. The first kappa shape index (κ1) is 41.3. The second kappa shape index (κ2) is 17.3. The van der Waals surface area contributed by atoms with Gasteiger partial charge in [-0.25, -0.2) is 0 Å². The average Bonchev–Trinajstić information content (AvgIpc) is 3.39. The summed E-state index contributed by atoms with van der Waals surface area (Å²) in [5, 5.41) is 15.9. The molecule has 56 heavy (non-hydrogen) atoms. The molecule has 0 fully saturated rings. The fraction of sp³-hybridized carbons (Fsp3) is 0.350. The van der Waals surface area contributed by atoms with Gasteiger partial charge in [0.1, 0.15) is 11.5 Å². The Labute approximate surface area is 325 Å². The third-order valence-electron chi connectivity index (χ3n) is 9.53. The van der Waals surface area contributed by atoms with Gasteiger partial charge in [0.25, 0.3) is 0 Å². The van der Waals surface area contributed by atoms with Crippen LogP contribution in [0.1, 0.15) is 61.0 Å². The number of carbonyl (C=O) groups excluding carboxylic acids is 2. The van der Waals surface area contributed by atoms with E-state index in [9.17, 15) is 23.1 Å². The Morgan fingerprint density at radius 2 is 1.05 bits per heavy atom. The molecule has 0 spiro atoms. The quantitative estimate of drug-likeness (QED) is 0.139. The number of ether oxygens (including phenoxy) is 6. The van der Waals surface area contributed by atoms with Gasteiger partial charge in [0.05, 0.1) is 54.7 Å². The largest absolute Gasteiger partial charge is 0.508 e. The van der Waals surface area contributed by atoms with Crippen LogP contribution in [0.15, 0.2) is 48.5 Å². The number of nitrogens with one attached hydrogen (secondary N) is 2. The lowest BCUT2D eigenvalue weighted by molar-refractivity contribution is -0.120. The zero-order valence-corrected chi connectivity index (χ0v) is 33.2. The molecule has 0 radical (unpaired) electrons. The Hall–Kier alpha value is -5.87. The molecule has 6 rings (SSSR count). The number of hydrogen-bond acceptors (Lipinski definition) is 12. The monoisotopic (exact) mass is 794 g/mol. The smallest absolute Gasteiger partial charge is 0.446 e. The second-order valence-electron chi connectivity index (χ2n) is 13.0. The van der Waals surface area contributed by atoms with Crippen LogP contribution < -0.4 is 43.2 Å². The molecule has 15 nitrogen and oxygen atoms in total. The molecule has 0 aromatic heterocycles. The predicted molar refractivity (Wildman–Crippen MR) is 207 cm³/mol. The third kappa shape index (κ3) is 8.66. The maximum Gasteiger partial charge on any atom is 0.446 e. The summed E-state index contributed by atoms with van der Waals surface area (Å²) in [6.45, 7) is 2.90. The number of rotatable bonds is 10. The maximum absolute atomic E-state index is 11.8. The van der Waals surface area contributed by atoms with Crippen LogP contribution in [-0.4, -0.2) is 72.6 Å². The molecule has 4 aromatic carbocycles. The van der Waals surface area contributed by atoms with Crippen molar-refractivity contribution < 1.29 is 60.3 Å². The lowest BCUT2D eigenvalue weighted by atomic mass is 9.93. The number of aromatic hydroxyl groups is 1. The van der Waals surface area contributed by atoms with Crippen molar-refractivity contribution >= 4 is 22.2 Å². The van der Waals surface area contributed by atoms with Crippen molar-refractivity contribution in [1.29, 1.82) is 0 Å². The Morgan fingerprint density at radius 3 is 1.45 bits per heavy atom. The van der Waals surface area contributed by atoms with Gasteiger partial charge in [0, 0.05) is 25.0 Å². The Kier molecular flexibility index (Phi) is 12.8. The summed E-state index contributed by atoms with van der Waals surface area (Å²) in [5.41, 5.74) is 6.68. The summed E-state index contributed by atoms with van der Waals surface area (Å²) < 4.78 is 69.3. The summed E-state index contributed by atoms with van der Waals surface area (Å²) >= 11 is 0. The number of hydrogen-bond donors (Lipinski definition) is 4. The van der Waals surface area contributed by atoms with E-state index >= 15 is 0 Å². The highest BCUT2D eigenvalue weighted by atomic mass is 32.3. The molecule has 2 aliphatic rings. The first-order valence-electron chi connectivity index (χ1n) is 17.5. The van der Waals surface area contributed by atoms with Crippen LogP contribution in [0.3, 0.4) is 0 Å². The van der Waals surface area contributed by atoms with Crippen LogP contribution in [0.2, 0.25) is 0 Å². The summed E-state index contributed by atoms with van der Waals surface area (Å²) in [4.78, 5) is 23.5. The van der Waals surface area contributed by atoms with Gasteiger partial charge in [0.15, 0.2) is 23.0 Å². The summed E-state index contributed by atoms with van der Waals surface area (Å²) in [5.74, 6) is 2.82. The SMILES string of the molecule is COc1cc2c(c(OC)c1OC)-c1ccc(O)cc1[C@@H](NC(C)=O)CC2.COc1cc2c(c(OC)c1OC)-c1ccc(OS(=O)(=O)O)cc1[C@@H](NC(C)=O)CC2. The van der Waals surface area contributed by atoms with Gasteiger partial charge >= 0.3 is 10.4 Å². The number of methoxy groups -OCH3 is 6. The van der Waals surface area contributed by atoms with Crippen LogP contribution in [-0.2, 0) is 32.8 Å². The summed E-state index contributed by atoms with van der Waals surface area (Å²) in [6, 6.07) is 12.9. The molecule has 0 bridgehead atoms. The first-order chi connectivity index (χ1) is 26.7. The van der Waals surface area contributed by atoms with E-state index in [1.807, 2.05) is 18.2 Å². The minimum absolute atomic E-state index is 0.0745. The number of phenols is 1. The van der Waals surface area contributed by atoms with Crippen molar-refractivity contribution in [1.82, 2.24) is 10.6 Å². The van der Waals surface area contributed by atoms with Crippen molar-refractivity contribution in [3.05, 3.63) is 70.8 Å². The number of amides is 2. The van der Waals surface area contributed by atoms with Crippen LogP contribution in [0.25, 0.3) is 22.3 Å². The van der Waals surface area contributed by atoms with Gasteiger partial charge < -0.3 is 48.3 Å². The fourth-order valence-electron chi connectivity index (χ4n) is 7.40. The molecule has 0 heterocycles. The van der Waals surface area contributed by atoms with E-state index < -0.39 is 16.4 Å². The van der Waals surface area contributed by atoms with Gasteiger partial charge in [-0.1, -0.05) is 12.1 Å². The van der Waals surface area contributed by atoms with Crippen LogP contribution in [0.4, 0.5) is 0 Å². The highest BCUT2D eigenvalue weighted by molar-refractivity contribution is 7.81. The van der Waals surface area contributed by atoms with E-state index in [0.29, 0.717) is 71.3 Å². The number of fused-ring (bicyclic) bond motifs is 6. The van der Waals surface area contributed by atoms with E-state index in [2.05, 4.69) is 14.8 Å². The first-order valence-corrected chi connectivity index (χ1v) is 18.9. The Balaban J connectivity index is 0.000000216. The zero-order chi connectivity index (χ0) is 40.9. The van der Waals surface area contributed by atoms with E-state index in [-0.39, 0.29) is 29.4 Å². The topological polar surface area (TPSA) is 197 Å².